The van der Waals surface area contributed by atoms with Gasteiger partial charge in [-0.25, -0.2) is 0 Å². The zero-order valence-electron chi connectivity index (χ0n) is 11.9. The molecule has 0 aromatic heterocycles. The van der Waals surface area contributed by atoms with Gasteiger partial charge in [-0.05, 0) is 43.6 Å². The van der Waals surface area contributed by atoms with Gasteiger partial charge in [-0.15, -0.1) is 0 Å². The highest BCUT2D eigenvalue weighted by atomic mass is 14.9. The van der Waals surface area contributed by atoms with Crippen LogP contribution in [0.4, 0.5) is 0 Å². The summed E-state index contributed by atoms with van der Waals surface area (Å²) in [5.74, 6) is 3.00. The van der Waals surface area contributed by atoms with E-state index in [0.29, 0.717) is 0 Å². The summed E-state index contributed by atoms with van der Waals surface area (Å²) in [6.07, 6.45) is 13.4. The van der Waals surface area contributed by atoms with Crippen LogP contribution in [0.5, 0.6) is 0 Å². The first-order valence-corrected chi connectivity index (χ1v) is 8.03. The molecule has 0 aromatic rings. The monoisotopic (exact) mass is 237 g/mol. The van der Waals surface area contributed by atoms with Gasteiger partial charge in [0, 0.05) is 6.04 Å². The van der Waals surface area contributed by atoms with Gasteiger partial charge in [-0.2, -0.15) is 0 Å². The minimum atomic E-state index is 0.829. The van der Waals surface area contributed by atoms with Crippen LogP contribution in [0, 0.1) is 17.8 Å². The standard InChI is InChI=1S/C16H31N/c1-3-17-16(12-14-6-4-5-7-14)15-10-8-13(2)9-11-15/h13-17H,3-12H2,1-2H3. The fourth-order valence-corrected chi connectivity index (χ4v) is 4.00. The third kappa shape index (κ3) is 3.98. The number of nitrogens with one attached hydrogen (secondary N) is 1. The normalized spacial score (nSPS) is 32.8. The predicted octanol–water partition coefficient (Wildman–Crippen LogP) is 4.37. The topological polar surface area (TPSA) is 12.0 Å². The van der Waals surface area contributed by atoms with Crippen molar-refractivity contribution in [2.24, 2.45) is 17.8 Å². The van der Waals surface area contributed by atoms with E-state index in [1.165, 1.54) is 57.8 Å². The van der Waals surface area contributed by atoms with Crippen molar-refractivity contribution in [3.05, 3.63) is 0 Å². The van der Waals surface area contributed by atoms with E-state index in [4.69, 9.17) is 0 Å². The Bertz CT molecular complexity index is 200. The van der Waals surface area contributed by atoms with Crippen LogP contribution in [-0.4, -0.2) is 12.6 Å². The molecule has 0 spiro atoms. The van der Waals surface area contributed by atoms with Crippen molar-refractivity contribution in [2.75, 3.05) is 6.54 Å². The maximum atomic E-state index is 3.79. The van der Waals surface area contributed by atoms with Gasteiger partial charge < -0.3 is 5.32 Å². The molecule has 1 unspecified atom stereocenters. The summed E-state index contributed by atoms with van der Waals surface area (Å²) in [5, 5.41) is 3.79. The van der Waals surface area contributed by atoms with Crippen molar-refractivity contribution >= 4 is 0 Å². The maximum Gasteiger partial charge on any atom is 0.00978 e. The molecule has 1 nitrogen and oxygen atoms in total. The van der Waals surface area contributed by atoms with Gasteiger partial charge in [0.2, 0.25) is 0 Å². The van der Waals surface area contributed by atoms with Crippen molar-refractivity contribution in [1.29, 1.82) is 0 Å². The third-order valence-corrected chi connectivity index (χ3v) is 5.16. The van der Waals surface area contributed by atoms with Crippen molar-refractivity contribution in [3.8, 4) is 0 Å². The quantitative estimate of drug-likeness (QED) is 0.748. The van der Waals surface area contributed by atoms with E-state index in [9.17, 15) is 0 Å². The second-order valence-electron chi connectivity index (χ2n) is 6.57. The van der Waals surface area contributed by atoms with Gasteiger partial charge in [0.1, 0.15) is 0 Å². The Morgan fingerprint density at radius 2 is 1.65 bits per heavy atom. The molecule has 1 atom stereocenters. The molecule has 17 heavy (non-hydrogen) atoms. The van der Waals surface area contributed by atoms with E-state index in [-0.39, 0.29) is 0 Å². The van der Waals surface area contributed by atoms with Gasteiger partial charge in [-0.3, -0.25) is 0 Å². The molecule has 0 amide bonds. The second kappa shape index (κ2) is 6.78. The summed E-state index contributed by atoms with van der Waals surface area (Å²) < 4.78 is 0. The van der Waals surface area contributed by atoms with E-state index >= 15 is 0 Å². The molecule has 1 N–H and O–H groups in total. The second-order valence-corrected chi connectivity index (χ2v) is 6.57. The summed E-state index contributed by atoms with van der Waals surface area (Å²) in [5.41, 5.74) is 0. The average molecular weight is 237 g/mol. The highest BCUT2D eigenvalue weighted by Crippen LogP contribution is 2.35. The van der Waals surface area contributed by atoms with Crippen LogP contribution in [0.3, 0.4) is 0 Å². The highest BCUT2D eigenvalue weighted by Gasteiger charge is 2.28. The largest absolute Gasteiger partial charge is 0.314 e. The number of hydrogen-bond acceptors (Lipinski definition) is 1. The van der Waals surface area contributed by atoms with Crippen LogP contribution in [0.25, 0.3) is 0 Å². The lowest BCUT2D eigenvalue weighted by Crippen LogP contribution is -2.39. The van der Waals surface area contributed by atoms with E-state index in [2.05, 4.69) is 19.2 Å². The summed E-state index contributed by atoms with van der Waals surface area (Å²) in [6.45, 7) is 5.85. The molecule has 0 heterocycles. The molecule has 0 aromatic carbocycles. The SMILES string of the molecule is CCNC(CC1CCCC1)C1CCC(C)CC1. The van der Waals surface area contributed by atoms with Crippen LogP contribution < -0.4 is 5.32 Å². The number of rotatable bonds is 5. The minimum absolute atomic E-state index is 0.829. The molecular formula is C16H31N. The molecule has 2 saturated carbocycles. The Balaban J connectivity index is 1.82. The predicted molar refractivity (Wildman–Crippen MR) is 75.2 cm³/mol. The molecule has 0 aliphatic heterocycles. The van der Waals surface area contributed by atoms with Crippen molar-refractivity contribution in [3.63, 3.8) is 0 Å². The molecule has 0 saturated heterocycles. The van der Waals surface area contributed by atoms with Gasteiger partial charge in [0.15, 0.2) is 0 Å². The molecule has 0 radical (unpaired) electrons. The van der Waals surface area contributed by atoms with E-state index in [1.807, 2.05) is 0 Å². The summed E-state index contributed by atoms with van der Waals surface area (Å²) in [6, 6.07) is 0.829. The first-order valence-electron chi connectivity index (χ1n) is 8.03. The zero-order valence-corrected chi connectivity index (χ0v) is 11.9. The molecule has 2 aliphatic carbocycles. The average Bonchev–Trinajstić information content (AvgIpc) is 2.82. The third-order valence-electron chi connectivity index (χ3n) is 5.16. The van der Waals surface area contributed by atoms with Crippen molar-refractivity contribution < 1.29 is 0 Å². The van der Waals surface area contributed by atoms with Gasteiger partial charge in [-0.1, -0.05) is 52.4 Å². The van der Waals surface area contributed by atoms with Crippen LogP contribution in [0.15, 0.2) is 0 Å². The highest BCUT2D eigenvalue weighted by molar-refractivity contribution is 4.84. The van der Waals surface area contributed by atoms with Crippen LogP contribution in [-0.2, 0) is 0 Å². The van der Waals surface area contributed by atoms with E-state index < -0.39 is 0 Å². The van der Waals surface area contributed by atoms with E-state index in [1.54, 1.807) is 0 Å². The lowest BCUT2D eigenvalue weighted by atomic mass is 9.77. The molecule has 2 rings (SSSR count). The fourth-order valence-electron chi connectivity index (χ4n) is 4.00. The fraction of sp³-hybridized carbons (Fsp3) is 1.00. The van der Waals surface area contributed by atoms with E-state index in [0.717, 1.165) is 30.3 Å². The lowest BCUT2D eigenvalue weighted by Gasteiger charge is -2.34. The Morgan fingerprint density at radius 1 is 1.00 bits per heavy atom. The molecule has 2 fully saturated rings. The molecular weight excluding hydrogens is 206 g/mol. The lowest BCUT2D eigenvalue weighted by molar-refractivity contribution is 0.207. The summed E-state index contributed by atoms with van der Waals surface area (Å²) in [7, 11) is 0. The minimum Gasteiger partial charge on any atom is -0.314 e. The maximum absolute atomic E-state index is 3.79. The molecule has 2 aliphatic rings. The Morgan fingerprint density at radius 3 is 2.24 bits per heavy atom. The van der Waals surface area contributed by atoms with Crippen LogP contribution in [0.1, 0.15) is 71.6 Å². The van der Waals surface area contributed by atoms with Crippen molar-refractivity contribution in [1.82, 2.24) is 5.32 Å². The van der Waals surface area contributed by atoms with Gasteiger partial charge in [0.05, 0.1) is 0 Å². The Hall–Kier alpha value is -0.0400. The van der Waals surface area contributed by atoms with Crippen molar-refractivity contribution in [2.45, 2.75) is 77.7 Å². The van der Waals surface area contributed by atoms with Gasteiger partial charge >= 0.3 is 0 Å². The van der Waals surface area contributed by atoms with Gasteiger partial charge in [0.25, 0.3) is 0 Å². The van der Waals surface area contributed by atoms with Crippen LogP contribution in [0.2, 0.25) is 0 Å². The molecule has 0 bridgehead atoms. The first kappa shape index (κ1) is 13.4. The first-order chi connectivity index (χ1) is 8.29. The molecule has 100 valence electrons. The Labute approximate surface area is 108 Å². The van der Waals surface area contributed by atoms with Crippen LogP contribution >= 0.6 is 0 Å². The molecule has 1 heteroatoms. The summed E-state index contributed by atoms with van der Waals surface area (Å²) in [4.78, 5) is 0. The zero-order chi connectivity index (χ0) is 12.1. The Kier molecular flexibility index (Phi) is 5.34. The summed E-state index contributed by atoms with van der Waals surface area (Å²) >= 11 is 0. The number of hydrogen-bond donors (Lipinski definition) is 1. The smallest absolute Gasteiger partial charge is 0.00978 e.